The smallest absolute Gasteiger partial charge is 0.244 e. The fourth-order valence-corrected chi connectivity index (χ4v) is 3.38. The van der Waals surface area contributed by atoms with Crippen LogP contribution in [0.1, 0.15) is 23.7 Å². The van der Waals surface area contributed by atoms with Gasteiger partial charge in [0.2, 0.25) is 5.91 Å². The Morgan fingerprint density at radius 2 is 2.23 bits per heavy atom. The highest BCUT2D eigenvalue weighted by Gasteiger charge is 2.14. The molecule has 112 valence electrons. The fraction of sp³-hybridized carbons (Fsp3) is 0.133. The lowest BCUT2D eigenvalue weighted by molar-refractivity contribution is -0.117. The van der Waals surface area contributed by atoms with Gasteiger partial charge in [-0.25, -0.2) is 0 Å². The number of rotatable bonds is 4. The first kappa shape index (κ1) is 14.9. The molecular weight excluding hydrogens is 364 g/mol. The van der Waals surface area contributed by atoms with Crippen molar-refractivity contribution in [2.45, 2.75) is 13.0 Å². The van der Waals surface area contributed by atoms with Gasteiger partial charge in [0.25, 0.3) is 0 Å². The lowest BCUT2D eigenvalue weighted by atomic mass is 10.3. The molecule has 0 bridgehead atoms. The van der Waals surface area contributed by atoms with Gasteiger partial charge in [-0.15, -0.1) is 21.5 Å². The molecule has 0 saturated carbocycles. The minimum absolute atomic E-state index is 0.162. The average Bonchev–Trinajstić information content (AvgIpc) is 3.11. The number of fused-ring (bicyclic) bond motifs is 1. The molecule has 0 saturated heterocycles. The topological polar surface area (TPSA) is 59.3 Å². The number of nitrogens with zero attached hydrogens (tertiary/aromatic N) is 3. The van der Waals surface area contributed by atoms with E-state index in [2.05, 4.69) is 31.4 Å². The van der Waals surface area contributed by atoms with Crippen LogP contribution in [0.2, 0.25) is 0 Å². The zero-order valence-electron chi connectivity index (χ0n) is 11.7. The predicted octanol–water partition coefficient (Wildman–Crippen LogP) is 3.44. The van der Waals surface area contributed by atoms with Crippen LogP contribution in [-0.4, -0.2) is 20.5 Å². The zero-order chi connectivity index (χ0) is 15.5. The predicted molar refractivity (Wildman–Crippen MR) is 90.6 cm³/mol. The van der Waals surface area contributed by atoms with Gasteiger partial charge >= 0.3 is 0 Å². The largest absolute Gasteiger partial charge is 0.343 e. The molecule has 1 N–H and O–H groups in total. The standard InChI is InChI=1S/C15H13BrN4OS/c1-10(15-19-18-13-4-2-3-9-20(13)15)17-14(21)8-6-11-5-7-12(16)22-11/h2-10H,1H3,(H,17,21)/b8-6+. The zero-order valence-corrected chi connectivity index (χ0v) is 14.1. The Balaban J connectivity index is 1.69. The Bertz CT molecular complexity index is 839. The number of carbonyl (C=O) groups excluding carboxylic acids is 1. The summed E-state index contributed by atoms with van der Waals surface area (Å²) in [7, 11) is 0. The van der Waals surface area contributed by atoms with Gasteiger partial charge in [0, 0.05) is 17.2 Å². The van der Waals surface area contributed by atoms with Crippen LogP contribution in [0.25, 0.3) is 11.7 Å². The first-order chi connectivity index (χ1) is 10.6. The summed E-state index contributed by atoms with van der Waals surface area (Å²) >= 11 is 4.97. The molecule has 1 unspecified atom stereocenters. The number of halogens is 1. The molecule has 22 heavy (non-hydrogen) atoms. The Hall–Kier alpha value is -1.99. The molecule has 3 aromatic heterocycles. The Morgan fingerprint density at radius 3 is 3.00 bits per heavy atom. The normalized spacial score (nSPS) is 12.8. The minimum atomic E-state index is -0.232. The highest BCUT2D eigenvalue weighted by atomic mass is 79.9. The van der Waals surface area contributed by atoms with Gasteiger partial charge in [0.1, 0.15) is 0 Å². The second kappa shape index (κ2) is 6.41. The van der Waals surface area contributed by atoms with E-state index in [1.807, 2.05) is 47.9 Å². The van der Waals surface area contributed by atoms with Crippen molar-refractivity contribution in [1.82, 2.24) is 19.9 Å². The van der Waals surface area contributed by atoms with E-state index in [1.165, 1.54) is 6.08 Å². The fourth-order valence-electron chi connectivity index (χ4n) is 2.06. The van der Waals surface area contributed by atoms with Gasteiger partial charge in [0.15, 0.2) is 11.5 Å². The minimum Gasteiger partial charge on any atom is -0.343 e. The van der Waals surface area contributed by atoms with Gasteiger partial charge < -0.3 is 5.32 Å². The number of carbonyl (C=O) groups is 1. The SMILES string of the molecule is CC(NC(=O)/C=C/c1ccc(Br)s1)c1nnc2ccccn12. The van der Waals surface area contributed by atoms with Crippen LogP contribution in [0.3, 0.4) is 0 Å². The van der Waals surface area contributed by atoms with Crippen molar-refractivity contribution >= 4 is 44.9 Å². The second-order valence-electron chi connectivity index (χ2n) is 4.69. The van der Waals surface area contributed by atoms with Gasteiger partial charge in [-0.3, -0.25) is 9.20 Å². The van der Waals surface area contributed by atoms with Gasteiger partial charge in [-0.1, -0.05) is 6.07 Å². The highest BCUT2D eigenvalue weighted by molar-refractivity contribution is 9.11. The molecule has 0 aliphatic heterocycles. The molecule has 0 aliphatic carbocycles. The van der Waals surface area contributed by atoms with Crippen LogP contribution in [0, 0.1) is 0 Å². The second-order valence-corrected chi connectivity index (χ2v) is 7.19. The molecule has 1 atom stereocenters. The number of hydrogen-bond donors (Lipinski definition) is 1. The summed E-state index contributed by atoms with van der Waals surface area (Å²) in [5, 5.41) is 11.1. The average molecular weight is 377 g/mol. The Kier molecular flexibility index (Phi) is 4.35. The van der Waals surface area contributed by atoms with Gasteiger partial charge in [-0.05, 0) is 53.2 Å². The molecule has 3 heterocycles. The van der Waals surface area contributed by atoms with Crippen LogP contribution >= 0.6 is 27.3 Å². The Morgan fingerprint density at radius 1 is 1.36 bits per heavy atom. The Labute approximate surface area is 139 Å². The molecule has 0 aromatic carbocycles. The van der Waals surface area contributed by atoms with Gasteiger partial charge in [0.05, 0.1) is 9.83 Å². The number of thiophene rings is 1. The first-order valence-electron chi connectivity index (χ1n) is 6.67. The van der Waals surface area contributed by atoms with Crippen molar-refractivity contribution < 1.29 is 4.79 Å². The van der Waals surface area contributed by atoms with Crippen LogP contribution < -0.4 is 5.32 Å². The third-order valence-electron chi connectivity index (χ3n) is 3.08. The molecular formula is C15H13BrN4OS. The van der Waals surface area contributed by atoms with Crippen molar-refractivity contribution in [3.63, 3.8) is 0 Å². The van der Waals surface area contributed by atoms with Crippen LogP contribution in [0.5, 0.6) is 0 Å². The summed E-state index contributed by atoms with van der Waals surface area (Å²) < 4.78 is 2.90. The van der Waals surface area contributed by atoms with Crippen molar-refractivity contribution in [3.8, 4) is 0 Å². The molecule has 5 nitrogen and oxygen atoms in total. The van der Waals surface area contributed by atoms with Crippen LogP contribution in [0.15, 0.2) is 46.4 Å². The van der Waals surface area contributed by atoms with E-state index < -0.39 is 0 Å². The molecule has 0 fully saturated rings. The number of nitrogens with one attached hydrogen (secondary N) is 1. The van der Waals surface area contributed by atoms with E-state index in [9.17, 15) is 4.79 Å². The molecule has 1 amide bonds. The van der Waals surface area contributed by atoms with E-state index in [0.717, 1.165) is 14.3 Å². The summed E-state index contributed by atoms with van der Waals surface area (Å²) in [5.41, 5.74) is 0.762. The number of amides is 1. The van der Waals surface area contributed by atoms with Crippen LogP contribution in [-0.2, 0) is 4.79 Å². The molecule has 0 radical (unpaired) electrons. The first-order valence-corrected chi connectivity index (χ1v) is 8.28. The monoisotopic (exact) mass is 376 g/mol. The molecule has 3 aromatic rings. The highest BCUT2D eigenvalue weighted by Crippen LogP contribution is 2.23. The van der Waals surface area contributed by atoms with E-state index in [4.69, 9.17) is 0 Å². The van der Waals surface area contributed by atoms with E-state index in [0.29, 0.717) is 5.82 Å². The third-order valence-corrected chi connectivity index (χ3v) is 4.67. The van der Waals surface area contributed by atoms with Crippen LogP contribution in [0.4, 0.5) is 0 Å². The molecule has 0 spiro atoms. The summed E-state index contributed by atoms with van der Waals surface area (Å²) in [6, 6.07) is 9.35. The van der Waals surface area contributed by atoms with E-state index >= 15 is 0 Å². The van der Waals surface area contributed by atoms with Crippen molar-refractivity contribution in [3.05, 3.63) is 57.1 Å². The number of hydrogen-bond acceptors (Lipinski definition) is 4. The summed E-state index contributed by atoms with van der Waals surface area (Å²) in [5.74, 6) is 0.543. The van der Waals surface area contributed by atoms with E-state index in [-0.39, 0.29) is 11.9 Å². The quantitative estimate of drug-likeness (QED) is 0.709. The van der Waals surface area contributed by atoms with Gasteiger partial charge in [-0.2, -0.15) is 0 Å². The summed E-state index contributed by atoms with van der Waals surface area (Å²) in [6.07, 6.45) is 5.20. The summed E-state index contributed by atoms with van der Waals surface area (Å²) in [6.45, 7) is 1.89. The molecule has 3 rings (SSSR count). The number of aromatic nitrogens is 3. The number of pyridine rings is 1. The maximum Gasteiger partial charge on any atom is 0.244 e. The maximum absolute atomic E-state index is 12.0. The lowest BCUT2D eigenvalue weighted by Crippen LogP contribution is -2.26. The molecule has 7 heteroatoms. The lowest BCUT2D eigenvalue weighted by Gasteiger charge is -2.10. The van der Waals surface area contributed by atoms with E-state index in [1.54, 1.807) is 17.4 Å². The van der Waals surface area contributed by atoms with Crippen molar-refractivity contribution in [2.24, 2.45) is 0 Å². The molecule has 0 aliphatic rings. The third kappa shape index (κ3) is 3.26. The maximum atomic E-state index is 12.0. The van der Waals surface area contributed by atoms with Crippen molar-refractivity contribution in [2.75, 3.05) is 0 Å². The summed E-state index contributed by atoms with van der Waals surface area (Å²) in [4.78, 5) is 13.0. The van der Waals surface area contributed by atoms with Crippen molar-refractivity contribution in [1.29, 1.82) is 0 Å².